The fourth-order valence-electron chi connectivity index (χ4n) is 4.46. The average Bonchev–Trinajstić information content (AvgIpc) is 3.34. The van der Waals surface area contributed by atoms with Crippen molar-refractivity contribution in [1.29, 1.82) is 0 Å². The molecule has 8 nitrogen and oxygen atoms in total. The van der Waals surface area contributed by atoms with Crippen molar-refractivity contribution < 1.29 is 42.8 Å². The Labute approximate surface area is 211 Å². The molecule has 4 rings (SSSR count). The number of nitrogens with zero attached hydrogens (tertiary/aromatic N) is 1. The molecular formula is C26H29F3N2O6. The van der Waals surface area contributed by atoms with Crippen LogP contribution in [-0.2, 0) is 16.8 Å². The van der Waals surface area contributed by atoms with Crippen LogP contribution in [0.2, 0.25) is 0 Å². The Kier molecular flexibility index (Phi) is 7.15. The molecule has 0 aliphatic carbocycles. The molecular weight excluding hydrogens is 493 g/mol. The second-order valence-electron chi connectivity index (χ2n) is 9.73. The lowest BCUT2D eigenvalue weighted by Gasteiger charge is -2.25. The van der Waals surface area contributed by atoms with Crippen LogP contribution in [0.3, 0.4) is 0 Å². The van der Waals surface area contributed by atoms with Gasteiger partial charge in [0, 0.05) is 22.6 Å². The highest BCUT2D eigenvalue weighted by atomic mass is 19.3. The number of nitrogens with one attached hydrogen (secondary N) is 1. The topological polar surface area (TPSA) is 113 Å². The largest absolute Gasteiger partial charge is 0.586 e. The summed E-state index contributed by atoms with van der Waals surface area (Å²) in [4.78, 5) is 13.1. The number of aliphatic hydroxyl groups excluding tert-OH is 3. The number of hydrogen-bond donors (Lipinski definition) is 4. The maximum atomic E-state index is 15.2. The molecule has 0 fully saturated rings. The van der Waals surface area contributed by atoms with Gasteiger partial charge >= 0.3 is 6.29 Å². The lowest BCUT2D eigenvalue weighted by molar-refractivity contribution is -0.286. The highest BCUT2D eigenvalue weighted by Crippen LogP contribution is 2.43. The summed E-state index contributed by atoms with van der Waals surface area (Å²) in [5.74, 6) is -2.39. The van der Waals surface area contributed by atoms with Crippen molar-refractivity contribution in [2.24, 2.45) is 0 Å². The van der Waals surface area contributed by atoms with Crippen LogP contribution in [-0.4, -0.2) is 51.4 Å². The molecule has 3 aromatic rings. The van der Waals surface area contributed by atoms with E-state index < -0.39 is 42.1 Å². The van der Waals surface area contributed by atoms with E-state index >= 15 is 4.39 Å². The number of fused-ring (bicyclic) bond motifs is 2. The van der Waals surface area contributed by atoms with Gasteiger partial charge in [0.1, 0.15) is 5.82 Å². The van der Waals surface area contributed by atoms with Crippen LogP contribution in [0.4, 0.5) is 18.9 Å². The maximum absolute atomic E-state index is 15.2. The third-order valence-electron chi connectivity index (χ3n) is 6.49. The van der Waals surface area contributed by atoms with Crippen molar-refractivity contribution in [3.63, 3.8) is 0 Å². The van der Waals surface area contributed by atoms with Gasteiger partial charge in [-0.2, -0.15) is 0 Å². The van der Waals surface area contributed by atoms with Crippen LogP contribution < -0.4 is 14.8 Å². The van der Waals surface area contributed by atoms with Crippen LogP contribution in [0.25, 0.3) is 10.9 Å². The summed E-state index contributed by atoms with van der Waals surface area (Å²) in [6, 6.07) is 8.48. The highest BCUT2D eigenvalue weighted by molar-refractivity contribution is 5.98. The number of halogens is 3. The molecule has 37 heavy (non-hydrogen) atoms. The van der Waals surface area contributed by atoms with Crippen LogP contribution in [0.1, 0.15) is 44.4 Å². The molecule has 1 aliphatic rings. The fraction of sp³-hybridized carbons (Fsp3) is 0.423. The predicted molar refractivity (Wildman–Crippen MR) is 129 cm³/mol. The second kappa shape index (κ2) is 9.88. The average molecular weight is 523 g/mol. The Balaban J connectivity index is 1.66. The Hall–Kier alpha value is -3.28. The van der Waals surface area contributed by atoms with Gasteiger partial charge < -0.3 is 34.7 Å². The number of carbonyl (C=O) groups is 1. The van der Waals surface area contributed by atoms with Crippen molar-refractivity contribution in [3.8, 4) is 11.5 Å². The standard InChI is InChI=1S/C26H29F3N2O6/c1-4-17(14-5-6-21-22(8-14)37-26(28,29)36-21)24(35)30-19-7-15-9-23(25(2,3)13-33)31(11-16(34)12-32)20(15)10-18(19)27/h5-10,16-17,32-34H,4,11-13H2,1-3H3,(H,30,35). The molecule has 0 spiro atoms. The molecule has 1 amide bonds. The van der Waals surface area contributed by atoms with Gasteiger partial charge in [0.2, 0.25) is 5.91 Å². The first-order chi connectivity index (χ1) is 17.4. The number of anilines is 1. The molecule has 0 radical (unpaired) electrons. The zero-order valence-corrected chi connectivity index (χ0v) is 20.6. The van der Waals surface area contributed by atoms with E-state index in [1.54, 1.807) is 31.4 Å². The van der Waals surface area contributed by atoms with Crippen LogP contribution in [0.15, 0.2) is 36.4 Å². The van der Waals surface area contributed by atoms with Crippen LogP contribution in [0, 0.1) is 5.82 Å². The first kappa shape index (κ1) is 26.8. The van der Waals surface area contributed by atoms with E-state index in [-0.39, 0.29) is 30.3 Å². The van der Waals surface area contributed by atoms with E-state index in [0.29, 0.717) is 28.6 Å². The molecule has 0 saturated heterocycles. The molecule has 200 valence electrons. The molecule has 11 heteroatoms. The second-order valence-corrected chi connectivity index (χ2v) is 9.73. The van der Waals surface area contributed by atoms with Gasteiger partial charge in [0.25, 0.3) is 0 Å². The van der Waals surface area contributed by atoms with Crippen molar-refractivity contribution >= 4 is 22.5 Å². The van der Waals surface area contributed by atoms with E-state index in [2.05, 4.69) is 14.8 Å². The van der Waals surface area contributed by atoms with Crippen molar-refractivity contribution in [2.45, 2.75) is 57.5 Å². The van der Waals surface area contributed by atoms with Crippen molar-refractivity contribution in [2.75, 3.05) is 18.5 Å². The monoisotopic (exact) mass is 522 g/mol. The van der Waals surface area contributed by atoms with Gasteiger partial charge in [-0.05, 0) is 36.2 Å². The number of aromatic nitrogens is 1. The summed E-state index contributed by atoms with van der Waals surface area (Å²) < 4.78 is 52.5. The fourth-order valence-corrected chi connectivity index (χ4v) is 4.46. The lowest BCUT2D eigenvalue weighted by atomic mass is 9.90. The van der Waals surface area contributed by atoms with Gasteiger partial charge in [-0.1, -0.05) is 26.8 Å². The normalized spacial score (nSPS) is 16.1. The number of rotatable bonds is 9. The van der Waals surface area contributed by atoms with E-state index in [1.807, 2.05) is 0 Å². The minimum atomic E-state index is -3.78. The third kappa shape index (κ3) is 5.25. The molecule has 1 aliphatic heterocycles. The summed E-state index contributed by atoms with van der Waals surface area (Å²) in [5, 5.41) is 32.4. The Morgan fingerprint density at radius 3 is 2.49 bits per heavy atom. The summed E-state index contributed by atoms with van der Waals surface area (Å²) in [7, 11) is 0. The summed E-state index contributed by atoms with van der Waals surface area (Å²) in [5.41, 5.74) is 0.610. The summed E-state index contributed by atoms with van der Waals surface area (Å²) in [6.45, 7) is 4.57. The minimum Gasteiger partial charge on any atom is -0.395 e. The van der Waals surface area contributed by atoms with E-state index in [9.17, 15) is 28.9 Å². The van der Waals surface area contributed by atoms with Gasteiger partial charge in [-0.25, -0.2) is 4.39 Å². The first-order valence-electron chi connectivity index (χ1n) is 11.8. The number of carbonyl (C=O) groups excluding carboxylic acids is 1. The minimum absolute atomic E-state index is 0.0228. The zero-order valence-electron chi connectivity index (χ0n) is 20.6. The number of amides is 1. The van der Waals surface area contributed by atoms with E-state index in [0.717, 1.165) is 0 Å². The Bertz CT molecular complexity index is 1320. The maximum Gasteiger partial charge on any atom is 0.586 e. The third-order valence-corrected chi connectivity index (χ3v) is 6.49. The molecule has 2 heterocycles. The number of hydrogen-bond acceptors (Lipinski definition) is 6. The number of alkyl halides is 2. The summed E-state index contributed by atoms with van der Waals surface area (Å²) in [6.07, 6.45) is -4.58. The zero-order chi connectivity index (χ0) is 27.1. The van der Waals surface area contributed by atoms with Gasteiger partial charge in [-0.3, -0.25) is 4.79 Å². The molecule has 0 bridgehead atoms. The molecule has 2 atom stereocenters. The molecule has 0 saturated carbocycles. The highest BCUT2D eigenvalue weighted by Gasteiger charge is 2.43. The molecule has 2 unspecified atom stereocenters. The van der Waals surface area contributed by atoms with E-state index in [4.69, 9.17) is 0 Å². The number of benzene rings is 2. The molecule has 4 N–H and O–H groups in total. The predicted octanol–water partition coefficient (Wildman–Crippen LogP) is 3.86. The number of ether oxygens (including phenoxy) is 2. The van der Waals surface area contributed by atoms with Gasteiger partial charge in [-0.15, -0.1) is 8.78 Å². The quantitative estimate of drug-likeness (QED) is 0.340. The van der Waals surface area contributed by atoms with Crippen molar-refractivity contribution in [1.82, 2.24) is 4.57 Å². The number of aliphatic hydroxyl groups is 3. The first-order valence-corrected chi connectivity index (χ1v) is 11.8. The lowest BCUT2D eigenvalue weighted by Crippen LogP contribution is -2.29. The van der Waals surface area contributed by atoms with Gasteiger partial charge in [0.05, 0.1) is 43.0 Å². The Morgan fingerprint density at radius 1 is 1.14 bits per heavy atom. The van der Waals surface area contributed by atoms with E-state index in [1.165, 1.54) is 30.3 Å². The Morgan fingerprint density at radius 2 is 1.84 bits per heavy atom. The SMILES string of the molecule is CCC(C(=O)Nc1cc2cc(C(C)(C)CO)n(CC(O)CO)c2cc1F)c1ccc2c(c1)OC(F)(F)O2. The molecule has 2 aromatic carbocycles. The summed E-state index contributed by atoms with van der Waals surface area (Å²) >= 11 is 0. The van der Waals surface area contributed by atoms with Crippen LogP contribution in [0.5, 0.6) is 11.5 Å². The van der Waals surface area contributed by atoms with Crippen molar-refractivity contribution in [3.05, 3.63) is 53.5 Å². The van der Waals surface area contributed by atoms with Crippen LogP contribution >= 0.6 is 0 Å². The smallest absolute Gasteiger partial charge is 0.395 e. The van der Waals surface area contributed by atoms with Gasteiger partial charge in [0.15, 0.2) is 11.5 Å². The molecule has 1 aromatic heterocycles.